The van der Waals surface area contributed by atoms with Crippen LogP contribution in [0.3, 0.4) is 0 Å². The highest BCUT2D eigenvalue weighted by molar-refractivity contribution is 7.19. The summed E-state index contributed by atoms with van der Waals surface area (Å²) in [7, 11) is 0. The van der Waals surface area contributed by atoms with Crippen molar-refractivity contribution < 1.29 is 14.1 Å². The van der Waals surface area contributed by atoms with E-state index in [9.17, 15) is 9.59 Å². The van der Waals surface area contributed by atoms with Crippen LogP contribution >= 0.6 is 22.9 Å². The van der Waals surface area contributed by atoms with Gasteiger partial charge in [-0.25, -0.2) is 0 Å². The maximum atomic E-state index is 13.2. The van der Waals surface area contributed by atoms with Gasteiger partial charge in [0, 0.05) is 18.7 Å². The minimum Gasteiger partial charge on any atom is -0.355 e. The number of rotatable bonds is 6. The van der Waals surface area contributed by atoms with Crippen LogP contribution in [0.15, 0.2) is 22.7 Å². The lowest BCUT2D eigenvalue weighted by Gasteiger charge is -2.40. The Morgan fingerprint density at radius 1 is 1.32 bits per heavy atom. The zero-order valence-electron chi connectivity index (χ0n) is 16.6. The van der Waals surface area contributed by atoms with Gasteiger partial charge in [0.2, 0.25) is 5.91 Å². The number of thiophene rings is 1. The molecule has 2 unspecified atom stereocenters. The van der Waals surface area contributed by atoms with Gasteiger partial charge in [-0.05, 0) is 36.8 Å². The second kappa shape index (κ2) is 8.66. The van der Waals surface area contributed by atoms with E-state index in [-0.39, 0.29) is 29.5 Å². The molecule has 152 valence electrons. The van der Waals surface area contributed by atoms with Gasteiger partial charge in [-0.2, -0.15) is 0 Å². The fourth-order valence-corrected chi connectivity index (χ4v) is 4.53. The Bertz CT molecular complexity index is 845. The molecule has 0 aliphatic carbocycles. The number of carbonyl (C=O) groups is 2. The van der Waals surface area contributed by atoms with Crippen molar-refractivity contribution in [2.75, 3.05) is 6.54 Å². The topological polar surface area (TPSA) is 75.4 Å². The molecule has 1 aliphatic heterocycles. The third-order valence-electron chi connectivity index (χ3n) is 4.70. The van der Waals surface area contributed by atoms with E-state index in [0.29, 0.717) is 29.0 Å². The molecule has 8 heteroatoms. The molecule has 0 spiro atoms. The molecule has 1 aliphatic rings. The largest absolute Gasteiger partial charge is 0.355 e. The summed E-state index contributed by atoms with van der Waals surface area (Å²) in [5.41, 5.74) is 0.214. The number of piperazine rings is 1. The van der Waals surface area contributed by atoms with Crippen LogP contribution in [0.5, 0.6) is 0 Å². The van der Waals surface area contributed by atoms with Gasteiger partial charge in [0.15, 0.2) is 11.5 Å². The molecule has 1 saturated heterocycles. The summed E-state index contributed by atoms with van der Waals surface area (Å²) in [6.45, 7) is 8.78. The third-order valence-corrected chi connectivity index (χ3v) is 5.94. The Balaban J connectivity index is 1.84. The maximum Gasteiger partial charge on any atom is 0.276 e. The number of hydrogen-bond acceptors (Lipinski definition) is 5. The second-order valence-electron chi connectivity index (χ2n) is 8.12. The number of nitrogens with zero attached hydrogens (tertiary/aromatic N) is 2. The summed E-state index contributed by atoms with van der Waals surface area (Å²) in [6, 6.07) is 4.68. The summed E-state index contributed by atoms with van der Waals surface area (Å²) in [4.78, 5) is 28.4. The van der Waals surface area contributed by atoms with Crippen molar-refractivity contribution in [1.29, 1.82) is 0 Å². The summed E-state index contributed by atoms with van der Waals surface area (Å²) in [5.74, 6) is 0.848. The lowest BCUT2D eigenvalue weighted by atomic mass is 9.94. The number of carbonyl (C=O) groups excluding carboxylic acids is 2. The molecule has 3 rings (SSSR count). The van der Waals surface area contributed by atoms with Gasteiger partial charge in [-0.1, -0.05) is 44.5 Å². The van der Waals surface area contributed by atoms with E-state index < -0.39 is 6.04 Å². The van der Waals surface area contributed by atoms with Crippen LogP contribution in [0.1, 0.15) is 51.0 Å². The van der Waals surface area contributed by atoms with Gasteiger partial charge in [-0.3, -0.25) is 9.59 Å². The number of hydrogen-bond donors (Lipinski definition) is 1. The normalized spacial score (nSPS) is 20.1. The summed E-state index contributed by atoms with van der Waals surface area (Å²) >= 11 is 7.34. The van der Waals surface area contributed by atoms with Crippen molar-refractivity contribution in [3.63, 3.8) is 0 Å². The van der Waals surface area contributed by atoms with Crippen molar-refractivity contribution in [1.82, 2.24) is 15.4 Å². The Morgan fingerprint density at radius 2 is 2.04 bits per heavy atom. The maximum absolute atomic E-state index is 13.2. The molecule has 1 fully saturated rings. The SMILES string of the molecule is CC(C)CC1CN(C(=O)c2cc(-c3ccc(Cl)s3)on2)C(CC(C)C)C(=O)N1. The zero-order chi connectivity index (χ0) is 20.4. The van der Waals surface area contributed by atoms with Crippen molar-refractivity contribution in [2.24, 2.45) is 11.8 Å². The van der Waals surface area contributed by atoms with Crippen molar-refractivity contribution >= 4 is 34.8 Å². The van der Waals surface area contributed by atoms with Gasteiger partial charge < -0.3 is 14.7 Å². The molecule has 0 radical (unpaired) electrons. The molecule has 3 heterocycles. The monoisotopic (exact) mass is 423 g/mol. The van der Waals surface area contributed by atoms with Gasteiger partial charge >= 0.3 is 0 Å². The Hall–Kier alpha value is -1.86. The molecule has 0 saturated carbocycles. The van der Waals surface area contributed by atoms with Crippen molar-refractivity contribution in [2.45, 2.75) is 52.6 Å². The lowest BCUT2D eigenvalue weighted by Crippen LogP contribution is -2.62. The molecule has 6 nitrogen and oxygen atoms in total. The summed E-state index contributed by atoms with van der Waals surface area (Å²) in [6.07, 6.45) is 1.43. The lowest BCUT2D eigenvalue weighted by molar-refractivity contribution is -0.130. The predicted octanol–water partition coefficient (Wildman–Crippen LogP) is 4.46. The highest BCUT2D eigenvalue weighted by atomic mass is 35.5. The molecular weight excluding hydrogens is 398 g/mol. The fraction of sp³-hybridized carbons (Fsp3) is 0.550. The van der Waals surface area contributed by atoms with Crippen molar-refractivity contribution in [3.8, 4) is 10.6 Å². The number of nitrogens with one attached hydrogen (secondary N) is 1. The molecule has 28 heavy (non-hydrogen) atoms. The summed E-state index contributed by atoms with van der Waals surface area (Å²) in [5, 5.41) is 7.05. The van der Waals surface area contributed by atoms with Crippen LogP contribution in [0, 0.1) is 11.8 Å². The molecule has 0 bridgehead atoms. The molecule has 1 N–H and O–H groups in total. The van der Waals surface area contributed by atoms with Gasteiger partial charge in [0.1, 0.15) is 6.04 Å². The molecule has 0 aromatic carbocycles. The fourth-order valence-electron chi connectivity index (χ4n) is 3.54. The molecule has 2 aromatic heterocycles. The second-order valence-corrected chi connectivity index (χ2v) is 9.83. The first kappa shape index (κ1) is 20.9. The van der Waals surface area contributed by atoms with Crippen LogP contribution < -0.4 is 5.32 Å². The number of amides is 2. The number of aromatic nitrogens is 1. The van der Waals surface area contributed by atoms with Crippen LogP contribution in [0.4, 0.5) is 0 Å². The average Bonchev–Trinajstić information content (AvgIpc) is 3.24. The quantitative estimate of drug-likeness (QED) is 0.744. The minimum absolute atomic E-state index is 0.0534. The van der Waals surface area contributed by atoms with Gasteiger partial charge in [0.25, 0.3) is 5.91 Å². The van der Waals surface area contributed by atoms with E-state index in [4.69, 9.17) is 16.1 Å². The Labute approximate surface area is 174 Å². The third kappa shape index (κ3) is 4.75. The molecule has 2 atom stereocenters. The van der Waals surface area contributed by atoms with Crippen LogP contribution in [0.25, 0.3) is 10.6 Å². The number of halogens is 1. The van der Waals surface area contributed by atoms with Crippen molar-refractivity contribution in [3.05, 3.63) is 28.2 Å². The smallest absolute Gasteiger partial charge is 0.276 e. The Kier molecular flexibility index (Phi) is 6.45. The first-order valence-electron chi connectivity index (χ1n) is 9.58. The first-order chi connectivity index (χ1) is 13.2. The first-order valence-corrected chi connectivity index (χ1v) is 10.8. The van der Waals surface area contributed by atoms with Gasteiger partial charge in [-0.15, -0.1) is 11.3 Å². The Morgan fingerprint density at radius 3 is 2.64 bits per heavy atom. The van der Waals surface area contributed by atoms with Crippen LogP contribution in [-0.2, 0) is 4.79 Å². The van der Waals surface area contributed by atoms with E-state index in [1.807, 2.05) is 19.9 Å². The highest BCUT2D eigenvalue weighted by Gasteiger charge is 2.39. The molecule has 2 amide bonds. The zero-order valence-corrected chi connectivity index (χ0v) is 18.1. The van der Waals surface area contributed by atoms with Gasteiger partial charge in [0.05, 0.1) is 9.21 Å². The predicted molar refractivity (Wildman–Crippen MR) is 110 cm³/mol. The minimum atomic E-state index is -0.493. The van der Waals surface area contributed by atoms with E-state index in [1.54, 1.807) is 17.0 Å². The van der Waals surface area contributed by atoms with E-state index in [2.05, 4.69) is 24.3 Å². The van der Waals surface area contributed by atoms with E-state index in [0.717, 1.165) is 11.3 Å². The highest BCUT2D eigenvalue weighted by Crippen LogP contribution is 2.32. The van der Waals surface area contributed by atoms with Crippen LogP contribution in [0.2, 0.25) is 4.34 Å². The molecule has 2 aromatic rings. The average molecular weight is 424 g/mol. The van der Waals surface area contributed by atoms with Crippen LogP contribution in [-0.4, -0.2) is 40.5 Å². The standard InChI is InChI=1S/C20H26ClN3O3S/c1-11(2)7-13-10-24(15(8-12(3)4)19(25)22-13)20(26)14-9-16(27-23-14)17-5-6-18(21)28-17/h5-6,9,11-13,15H,7-8,10H2,1-4H3,(H,22,25). The summed E-state index contributed by atoms with van der Waals surface area (Å²) < 4.78 is 6.00. The molecular formula is C20H26ClN3O3S. The van der Waals surface area contributed by atoms with E-state index >= 15 is 0 Å². The van der Waals surface area contributed by atoms with E-state index in [1.165, 1.54) is 11.3 Å².